The van der Waals surface area contributed by atoms with Crippen molar-refractivity contribution in [3.63, 3.8) is 0 Å². The number of nitrogens with one attached hydrogen (secondary N) is 1. The van der Waals surface area contributed by atoms with E-state index in [1.807, 2.05) is 6.92 Å². The highest BCUT2D eigenvalue weighted by molar-refractivity contribution is 5.84. The molecule has 0 aromatic carbocycles. The number of rotatable bonds is 7. The zero-order chi connectivity index (χ0) is 11.9. The van der Waals surface area contributed by atoms with E-state index in [1.54, 1.807) is 6.92 Å². The SMILES string of the molecule is CCCC(C)(CC(=O)NCCO)C(=O)O. The second-order valence-electron chi connectivity index (χ2n) is 3.87. The summed E-state index contributed by atoms with van der Waals surface area (Å²) in [5.41, 5.74) is -1.01. The first kappa shape index (κ1) is 13.9. The predicted octanol–water partition coefficient (Wildman–Crippen LogP) is 0.376. The summed E-state index contributed by atoms with van der Waals surface area (Å²) in [6.45, 7) is 3.48. The lowest BCUT2D eigenvalue weighted by Crippen LogP contribution is -2.36. The van der Waals surface area contributed by atoms with Crippen molar-refractivity contribution in [3.05, 3.63) is 0 Å². The van der Waals surface area contributed by atoms with Crippen molar-refractivity contribution in [3.8, 4) is 0 Å². The molecule has 0 rings (SSSR count). The Morgan fingerprint density at radius 3 is 2.40 bits per heavy atom. The molecule has 0 heterocycles. The maximum atomic E-state index is 11.3. The van der Waals surface area contributed by atoms with Gasteiger partial charge >= 0.3 is 5.97 Å². The number of amides is 1. The molecule has 3 N–H and O–H groups in total. The maximum Gasteiger partial charge on any atom is 0.309 e. The van der Waals surface area contributed by atoms with E-state index < -0.39 is 11.4 Å². The van der Waals surface area contributed by atoms with Gasteiger partial charge in [0.15, 0.2) is 0 Å². The van der Waals surface area contributed by atoms with E-state index in [1.165, 1.54) is 0 Å². The zero-order valence-corrected chi connectivity index (χ0v) is 9.25. The highest BCUT2D eigenvalue weighted by Gasteiger charge is 2.34. The van der Waals surface area contributed by atoms with E-state index in [4.69, 9.17) is 10.2 Å². The molecule has 5 heteroatoms. The quantitative estimate of drug-likeness (QED) is 0.575. The molecule has 5 nitrogen and oxygen atoms in total. The number of carboxylic acids is 1. The van der Waals surface area contributed by atoms with Gasteiger partial charge in [-0.25, -0.2) is 0 Å². The molecule has 1 amide bonds. The van der Waals surface area contributed by atoms with Gasteiger partial charge in [0.05, 0.1) is 12.0 Å². The van der Waals surface area contributed by atoms with Crippen LogP contribution in [0.5, 0.6) is 0 Å². The fraction of sp³-hybridized carbons (Fsp3) is 0.800. The molecule has 0 bridgehead atoms. The second kappa shape index (κ2) is 6.40. The van der Waals surface area contributed by atoms with Gasteiger partial charge in [-0.3, -0.25) is 9.59 Å². The summed E-state index contributed by atoms with van der Waals surface area (Å²) < 4.78 is 0. The average molecular weight is 217 g/mol. The van der Waals surface area contributed by atoms with Crippen molar-refractivity contribution in [2.75, 3.05) is 13.2 Å². The summed E-state index contributed by atoms with van der Waals surface area (Å²) in [5.74, 6) is -1.29. The highest BCUT2D eigenvalue weighted by Crippen LogP contribution is 2.27. The largest absolute Gasteiger partial charge is 0.481 e. The van der Waals surface area contributed by atoms with Gasteiger partial charge in [0, 0.05) is 13.0 Å². The second-order valence-corrected chi connectivity index (χ2v) is 3.87. The van der Waals surface area contributed by atoms with Crippen molar-refractivity contribution in [1.29, 1.82) is 0 Å². The normalized spacial score (nSPS) is 14.3. The number of hydrogen-bond donors (Lipinski definition) is 3. The van der Waals surface area contributed by atoms with E-state index >= 15 is 0 Å². The minimum absolute atomic E-state index is 0.0455. The van der Waals surface area contributed by atoms with Crippen LogP contribution in [0.2, 0.25) is 0 Å². The standard InChI is InChI=1S/C10H19NO4/c1-3-4-10(2,9(14)15)7-8(13)11-5-6-12/h12H,3-7H2,1-2H3,(H,11,13)(H,14,15). The molecule has 0 fully saturated rings. The van der Waals surface area contributed by atoms with Gasteiger partial charge in [0.25, 0.3) is 0 Å². The van der Waals surface area contributed by atoms with Crippen LogP contribution in [0.3, 0.4) is 0 Å². The Kier molecular flexibility index (Phi) is 5.93. The Labute approximate surface area is 89.5 Å². The van der Waals surface area contributed by atoms with Crippen LogP contribution in [0, 0.1) is 5.41 Å². The van der Waals surface area contributed by atoms with Gasteiger partial charge in [-0.15, -0.1) is 0 Å². The zero-order valence-electron chi connectivity index (χ0n) is 9.25. The first-order valence-corrected chi connectivity index (χ1v) is 5.07. The molecule has 0 aliphatic heterocycles. The van der Waals surface area contributed by atoms with Crippen LogP contribution in [-0.2, 0) is 9.59 Å². The molecule has 0 aromatic heterocycles. The number of hydrogen-bond acceptors (Lipinski definition) is 3. The molecule has 88 valence electrons. The molecule has 0 aliphatic carbocycles. The smallest absolute Gasteiger partial charge is 0.309 e. The van der Waals surface area contributed by atoms with Crippen LogP contribution >= 0.6 is 0 Å². The molecule has 1 unspecified atom stereocenters. The van der Waals surface area contributed by atoms with Gasteiger partial charge < -0.3 is 15.5 Å². The molecule has 0 aromatic rings. The van der Waals surface area contributed by atoms with Gasteiger partial charge in [-0.1, -0.05) is 13.3 Å². The molecule has 15 heavy (non-hydrogen) atoms. The molecule has 0 saturated heterocycles. The van der Waals surface area contributed by atoms with Crippen LogP contribution in [0.1, 0.15) is 33.1 Å². The number of aliphatic hydroxyl groups excluding tert-OH is 1. The van der Waals surface area contributed by atoms with E-state index in [-0.39, 0.29) is 25.5 Å². The molecular formula is C10H19NO4. The minimum Gasteiger partial charge on any atom is -0.481 e. The minimum atomic E-state index is -1.01. The van der Waals surface area contributed by atoms with Gasteiger partial charge in [-0.2, -0.15) is 0 Å². The van der Waals surface area contributed by atoms with Gasteiger partial charge in [0.2, 0.25) is 5.91 Å². The molecule has 1 atom stereocenters. The van der Waals surface area contributed by atoms with Crippen LogP contribution in [0.15, 0.2) is 0 Å². The number of aliphatic carboxylic acids is 1. The van der Waals surface area contributed by atoms with Crippen LogP contribution in [0.25, 0.3) is 0 Å². The lowest BCUT2D eigenvalue weighted by Gasteiger charge is -2.23. The third kappa shape index (κ3) is 4.78. The molecule has 0 saturated carbocycles. The van der Waals surface area contributed by atoms with E-state index in [9.17, 15) is 9.59 Å². The lowest BCUT2D eigenvalue weighted by molar-refractivity contribution is -0.151. The lowest BCUT2D eigenvalue weighted by atomic mass is 9.82. The van der Waals surface area contributed by atoms with Crippen molar-refractivity contribution < 1.29 is 19.8 Å². The molecular weight excluding hydrogens is 198 g/mol. The van der Waals surface area contributed by atoms with Crippen molar-refractivity contribution >= 4 is 11.9 Å². The number of carbonyl (C=O) groups excluding carboxylic acids is 1. The average Bonchev–Trinajstić information content (AvgIpc) is 2.14. The third-order valence-corrected chi connectivity index (χ3v) is 2.30. The fourth-order valence-corrected chi connectivity index (χ4v) is 1.43. The summed E-state index contributed by atoms with van der Waals surface area (Å²) in [4.78, 5) is 22.3. The van der Waals surface area contributed by atoms with Crippen molar-refractivity contribution in [2.24, 2.45) is 5.41 Å². The Bertz CT molecular complexity index is 229. The monoisotopic (exact) mass is 217 g/mol. The highest BCUT2D eigenvalue weighted by atomic mass is 16.4. The van der Waals surface area contributed by atoms with E-state index in [0.717, 1.165) is 6.42 Å². The number of aliphatic hydroxyl groups is 1. The number of carbonyl (C=O) groups is 2. The Hall–Kier alpha value is -1.10. The van der Waals surface area contributed by atoms with Crippen LogP contribution < -0.4 is 5.32 Å². The van der Waals surface area contributed by atoms with Crippen molar-refractivity contribution in [1.82, 2.24) is 5.32 Å². The molecule has 0 radical (unpaired) electrons. The summed E-state index contributed by atoms with van der Waals surface area (Å²) >= 11 is 0. The third-order valence-electron chi connectivity index (χ3n) is 2.30. The van der Waals surface area contributed by atoms with Crippen molar-refractivity contribution in [2.45, 2.75) is 33.1 Å². The van der Waals surface area contributed by atoms with Crippen LogP contribution in [0.4, 0.5) is 0 Å². The first-order valence-electron chi connectivity index (χ1n) is 5.07. The Morgan fingerprint density at radius 2 is 2.00 bits per heavy atom. The number of carboxylic acid groups (broad SMARTS) is 1. The Morgan fingerprint density at radius 1 is 1.40 bits per heavy atom. The summed E-state index contributed by atoms with van der Waals surface area (Å²) in [5, 5.41) is 20.0. The van der Waals surface area contributed by atoms with E-state index in [2.05, 4.69) is 5.32 Å². The predicted molar refractivity (Wildman–Crippen MR) is 55.4 cm³/mol. The molecule has 0 spiro atoms. The molecule has 0 aliphatic rings. The summed E-state index contributed by atoms with van der Waals surface area (Å²) in [6, 6.07) is 0. The first-order chi connectivity index (χ1) is 6.96. The van der Waals surface area contributed by atoms with Crippen LogP contribution in [-0.4, -0.2) is 35.2 Å². The maximum absolute atomic E-state index is 11.3. The van der Waals surface area contributed by atoms with E-state index in [0.29, 0.717) is 6.42 Å². The fourth-order valence-electron chi connectivity index (χ4n) is 1.43. The van der Waals surface area contributed by atoms with Gasteiger partial charge in [-0.05, 0) is 13.3 Å². The topological polar surface area (TPSA) is 86.6 Å². The summed E-state index contributed by atoms with van der Waals surface area (Å²) in [7, 11) is 0. The van der Waals surface area contributed by atoms with Gasteiger partial charge in [0.1, 0.15) is 0 Å². The Balaban J connectivity index is 4.28. The summed E-state index contributed by atoms with van der Waals surface area (Å²) in [6.07, 6.45) is 1.14.